The first-order valence-electron chi connectivity index (χ1n) is 4.24. The molecule has 5 heteroatoms. The zero-order valence-electron chi connectivity index (χ0n) is 9.52. The van der Waals surface area contributed by atoms with Crippen LogP contribution >= 0.6 is 18.8 Å². The van der Waals surface area contributed by atoms with Gasteiger partial charge in [-0.2, -0.15) is 0 Å². The Labute approximate surface area is 108 Å². The molecule has 0 fully saturated rings. The van der Waals surface area contributed by atoms with E-state index in [1.54, 1.807) is 0 Å². The Morgan fingerprint density at radius 2 is 1.00 bits per heavy atom. The monoisotopic (exact) mass is 419 g/mol. The van der Waals surface area contributed by atoms with Crippen molar-refractivity contribution in [3.8, 4) is 0 Å². The van der Waals surface area contributed by atoms with Gasteiger partial charge in [-0.15, -0.1) is 0 Å². The molecule has 0 aliphatic heterocycles. The van der Waals surface area contributed by atoms with Crippen molar-refractivity contribution in [2.75, 3.05) is 0 Å². The van der Waals surface area contributed by atoms with Crippen molar-refractivity contribution in [1.29, 1.82) is 0 Å². The van der Waals surface area contributed by atoms with E-state index < -0.39 is 16.5 Å². The third kappa shape index (κ3) is 5.28. The number of nitrogens with zero attached hydrogens (tertiary/aromatic N) is 1. The van der Waals surface area contributed by atoms with Gasteiger partial charge >= 0.3 is 35.3 Å². The zero-order chi connectivity index (χ0) is 12.6. The zero-order valence-corrected chi connectivity index (χ0v) is 14.0. The van der Waals surface area contributed by atoms with Gasteiger partial charge in [-0.3, -0.25) is 0 Å². The van der Waals surface area contributed by atoms with E-state index in [0.29, 0.717) is 0 Å². The van der Waals surface area contributed by atoms with E-state index in [1.165, 1.54) is 28.2 Å². The normalized spacial score (nSPS) is 15.7. The molecule has 1 aliphatic carbocycles. The molecule has 87 valence electrons. The second-order valence-electron chi connectivity index (χ2n) is 3.18. The van der Waals surface area contributed by atoms with E-state index in [-0.39, 0.29) is 0 Å². The largest absolute Gasteiger partial charge is 0.577 e. The van der Waals surface area contributed by atoms with Crippen LogP contribution in [0.15, 0.2) is 22.3 Å². The fourth-order valence-electron chi connectivity index (χ4n) is 1.41. The Balaban J connectivity index is 0. The third-order valence-electron chi connectivity index (χ3n) is 2.81. The van der Waals surface area contributed by atoms with Crippen molar-refractivity contribution in [2.24, 2.45) is 0 Å². The molecule has 15 heavy (non-hydrogen) atoms. The smallest absolute Gasteiger partial charge is 0.423 e. The van der Waals surface area contributed by atoms with Gasteiger partial charge in [0.25, 0.3) is 0 Å². The fraction of sp³-hybridized carbons (Fsp3) is 0.500. The molecule has 0 N–H and O–H groups in total. The number of rotatable bonds is 0. The van der Waals surface area contributed by atoms with Gasteiger partial charge < -0.3 is 10.5 Å². The molecule has 0 spiro atoms. The molecule has 0 aromatic rings. The Morgan fingerprint density at radius 3 is 1.07 bits per heavy atom. The number of hydrogen-bond acceptors (Lipinski definition) is 1. The number of nitroso groups, excluding NO2 is 1. The van der Waals surface area contributed by atoms with Crippen LogP contribution < -0.4 is 0 Å². The van der Waals surface area contributed by atoms with Crippen LogP contribution in [-0.4, -0.2) is 0 Å². The minimum absolute atomic E-state index is 0.806. The van der Waals surface area contributed by atoms with E-state index in [1.807, 2.05) is 0 Å². The molecular formula is C10H15Cl2NOW-. The van der Waals surface area contributed by atoms with Crippen LogP contribution in [0.4, 0.5) is 0 Å². The molecule has 0 amide bonds. The first-order chi connectivity index (χ1) is 6.97. The Kier molecular flexibility index (Phi) is 11.3. The number of allylic oxidation sites excluding steroid dienone is 4. The minimum atomic E-state index is -0.806. The van der Waals surface area contributed by atoms with Crippen LogP contribution in [0.2, 0.25) is 0 Å². The van der Waals surface area contributed by atoms with Crippen molar-refractivity contribution in [1.82, 2.24) is 0 Å². The summed E-state index contributed by atoms with van der Waals surface area (Å²) >= 11 is -0.806. The molecule has 1 rings (SSSR count). The standard InChI is InChI=1S/C10H15.2ClH.NO.W/c1-6-7(2)9(4)10(5)8(6)3;;;1-2;/h1-5H3;2*1H;;/q;;;-1;+2/p-2. The van der Waals surface area contributed by atoms with Crippen molar-refractivity contribution in [3.63, 3.8) is 0 Å². The molecule has 0 saturated carbocycles. The van der Waals surface area contributed by atoms with Crippen LogP contribution in [0.3, 0.4) is 0 Å². The summed E-state index contributed by atoms with van der Waals surface area (Å²) < 4.78 is 0. The van der Waals surface area contributed by atoms with Gasteiger partial charge in [-0.05, 0) is 38.8 Å². The van der Waals surface area contributed by atoms with Crippen molar-refractivity contribution in [3.05, 3.63) is 38.7 Å². The van der Waals surface area contributed by atoms with Gasteiger partial charge in [0, 0.05) is 5.92 Å². The van der Waals surface area contributed by atoms with Gasteiger partial charge in [0.05, 0.1) is 0 Å². The van der Waals surface area contributed by atoms with Gasteiger partial charge in [0.1, 0.15) is 0 Å². The Bertz CT molecular complexity index is 240. The molecule has 0 unspecified atom stereocenters. The van der Waals surface area contributed by atoms with Crippen molar-refractivity contribution < 1.29 is 16.5 Å². The van der Waals surface area contributed by atoms with Crippen molar-refractivity contribution >= 4 is 18.8 Å². The van der Waals surface area contributed by atoms with E-state index in [9.17, 15) is 0 Å². The molecule has 0 aromatic carbocycles. The SMILES string of the molecule is C[C]1C(C)=C(C)C(C)=C1C.[Cl][W][Cl].[N-]=O. The molecule has 0 saturated heterocycles. The van der Waals surface area contributed by atoms with Gasteiger partial charge in [0.2, 0.25) is 0 Å². The number of halogens is 2. The summed E-state index contributed by atoms with van der Waals surface area (Å²) in [5, 5.41) is 0. The summed E-state index contributed by atoms with van der Waals surface area (Å²) in [5.74, 6) is 1.47. The second-order valence-corrected chi connectivity index (χ2v) is 7.42. The van der Waals surface area contributed by atoms with Crippen LogP contribution in [0.25, 0.3) is 5.59 Å². The summed E-state index contributed by atoms with van der Waals surface area (Å²) in [6, 6.07) is 0. The van der Waals surface area contributed by atoms with Crippen LogP contribution in [0, 0.1) is 10.8 Å². The molecular weight excluding hydrogens is 405 g/mol. The second kappa shape index (κ2) is 9.57. The van der Waals surface area contributed by atoms with Gasteiger partial charge in [-0.1, -0.05) is 18.1 Å². The van der Waals surface area contributed by atoms with E-state index in [4.69, 9.17) is 29.3 Å². The maximum atomic E-state index is 7.25. The molecule has 0 heterocycles. The summed E-state index contributed by atoms with van der Waals surface area (Å²) in [6.45, 7) is 11.0. The van der Waals surface area contributed by atoms with Gasteiger partial charge in [-0.25, -0.2) is 0 Å². The maximum absolute atomic E-state index is 7.25. The molecule has 0 atom stereocenters. The van der Waals surface area contributed by atoms with E-state index >= 15 is 0 Å². The Morgan fingerprint density at radius 1 is 0.800 bits per heavy atom. The van der Waals surface area contributed by atoms with Crippen LogP contribution in [0.1, 0.15) is 34.6 Å². The first kappa shape index (κ1) is 17.7. The summed E-state index contributed by atoms with van der Waals surface area (Å²) in [4.78, 5) is 7.25. The summed E-state index contributed by atoms with van der Waals surface area (Å²) in [5.41, 5.74) is 11.6. The topological polar surface area (TPSA) is 39.4 Å². The fourth-order valence-corrected chi connectivity index (χ4v) is 1.41. The molecule has 1 radical (unpaired) electrons. The molecule has 2 nitrogen and oxygen atoms in total. The maximum Gasteiger partial charge on any atom is -0.423 e. The molecule has 1 aliphatic rings. The van der Waals surface area contributed by atoms with Crippen LogP contribution in [0.5, 0.6) is 0 Å². The van der Waals surface area contributed by atoms with E-state index in [0.717, 1.165) is 0 Å². The van der Waals surface area contributed by atoms with E-state index in [2.05, 4.69) is 34.6 Å². The number of hydrogen-bond donors (Lipinski definition) is 0. The Hall–Kier alpha value is 0.348. The predicted octanol–water partition coefficient (Wildman–Crippen LogP) is 4.97. The summed E-state index contributed by atoms with van der Waals surface area (Å²) in [6.07, 6.45) is 0. The summed E-state index contributed by atoms with van der Waals surface area (Å²) in [7, 11) is 9.86. The predicted molar refractivity (Wildman–Crippen MR) is 64.1 cm³/mol. The molecule has 0 aromatic heterocycles. The minimum Gasteiger partial charge on any atom is -0.577 e. The van der Waals surface area contributed by atoms with Crippen LogP contribution in [-0.2, 0) is 16.5 Å². The molecule has 0 bridgehead atoms. The quantitative estimate of drug-likeness (QED) is 0.546. The van der Waals surface area contributed by atoms with Crippen molar-refractivity contribution in [2.45, 2.75) is 34.6 Å². The average molecular weight is 420 g/mol. The third-order valence-corrected chi connectivity index (χ3v) is 2.81. The van der Waals surface area contributed by atoms with Gasteiger partial charge in [0.15, 0.2) is 0 Å². The average Bonchev–Trinajstić information content (AvgIpc) is 2.41. The first-order valence-corrected chi connectivity index (χ1v) is 11.5.